The molecule has 0 fully saturated rings. The van der Waals surface area contributed by atoms with Gasteiger partial charge in [0.25, 0.3) is 0 Å². The maximum Gasteiger partial charge on any atom is 0.125 e. The first-order valence-corrected chi connectivity index (χ1v) is 8.30. The highest BCUT2D eigenvalue weighted by atomic mass is 35.5. The molecule has 0 aromatic heterocycles. The predicted molar refractivity (Wildman–Crippen MR) is 89.6 cm³/mol. The molecule has 0 amide bonds. The Morgan fingerprint density at radius 2 is 2.19 bits per heavy atom. The standard InChI is InChI=1S/C17H27ClN2O/c1-4-7-19-16(5-8-20(2)3)12-14-11-15(18)10-13-6-9-21-17(13)14/h10-11,16,19H,4-9,12H2,1-3H3. The summed E-state index contributed by atoms with van der Waals surface area (Å²) in [7, 11) is 4.24. The van der Waals surface area contributed by atoms with E-state index in [1.807, 2.05) is 6.07 Å². The maximum atomic E-state index is 6.26. The van der Waals surface area contributed by atoms with E-state index >= 15 is 0 Å². The fourth-order valence-electron chi connectivity index (χ4n) is 2.80. The molecular weight excluding hydrogens is 284 g/mol. The first kappa shape index (κ1) is 16.6. The number of nitrogens with zero attached hydrogens (tertiary/aromatic N) is 1. The van der Waals surface area contributed by atoms with Crippen LogP contribution in [0.25, 0.3) is 0 Å². The molecule has 0 saturated carbocycles. The number of hydrogen-bond acceptors (Lipinski definition) is 3. The Labute approximate surface area is 133 Å². The van der Waals surface area contributed by atoms with E-state index in [4.69, 9.17) is 16.3 Å². The minimum Gasteiger partial charge on any atom is -0.493 e. The smallest absolute Gasteiger partial charge is 0.125 e. The zero-order chi connectivity index (χ0) is 15.2. The highest BCUT2D eigenvalue weighted by Gasteiger charge is 2.20. The van der Waals surface area contributed by atoms with Crippen molar-refractivity contribution in [2.45, 2.75) is 38.6 Å². The Bertz CT molecular complexity index is 462. The van der Waals surface area contributed by atoms with Crippen LogP contribution in [0.1, 0.15) is 30.9 Å². The van der Waals surface area contributed by atoms with Gasteiger partial charge >= 0.3 is 0 Å². The summed E-state index contributed by atoms with van der Waals surface area (Å²) in [5.41, 5.74) is 2.52. The van der Waals surface area contributed by atoms with Crippen LogP contribution in [-0.2, 0) is 12.8 Å². The molecule has 0 aliphatic carbocycles. The fraction of sp³-hybridized carbons (Fsp3) is 0.647. The van der Waals surface area contributed by atoms with Gasteiger partial charge < -0.3 is 15.0 Å². The van der Waals surface area contributed by atoms with Gasteiger partial charge in [0.15, 0.2) is 0 Å². The van der Waals surface area contributed by atoms with Crippen molar-refractivity contribution in [3.63, 3.8) is 0 Å². The van der Waals surface area contributed by atoms with Crippen molar-refractivity contribution in [2.75, 3.05) is 33.8 Å². The molecule has 1 aliphatic rings. The molecule has 1 aromatic carbocycles. The average molecular weight is 311 g/mol. The third kappa shape index (κ3) is 4.87. The lowest BCUT2D eigenvalue weighted by atomic mass is 9.99. The lowest BCUT2D eigenvalue weighted by molar-refractivity contribution is 0.341. The first-order chi connectivity index (χ1) is 10.1. The van der Waals surface area contributed by atoms with Gasteiger partial charge in [0.05, 0.1) is 6.61 Å². The highest BCUT2D eigenvalue weighted by Crippen LogP contribution is 2.33. The van der Waals surface area contributed by atoms with Crippen molar-refractivity contribution < 1.29 is 4.74 Å². The van der Waals surface area contributed by atoms with Gasteiger partial charge in [-0.2, -0.15) is 0 Å². The molecule has 0 spiro atoms. The minimum absolute atomic E-state index is 0.471. The molecule has 3 nitrogen and oxygen atoms in total. The molecule has 1 N–H and O–H groups in total. The molecule has 1 unspecified atom stereocenters. The van der Waals surface area contributed by atoms with Gasteiger partial charge in [-0.1, -0.05) is 18.5 Å². The van der Waals surface area contributed by atoms with Crippen LogP contribution in [0.15, 0.2) is 12.1 Å². The van der Waals surface area contributed by atoms with E-state index in [0.717, 1.165) is 56.2 Å². The third-order valence-corrected chi connectivity index (χ3v) is 4.12. The van der Waals surface area contributed by atoms with Gasteiger partial charge in [-0.25, -0.2) is 0 Å². The van der Waals surface area contributed by atoms with Crippen molar-refractivity contribution in [1.29, 1.82) is 0 Å². The maximum absolute atomic E-state index is 6.26. The van der Waals surface area contributed by atoms with Gasteiger partial charge in [0.2, 0.25) is 0 Å². The molecule has 2 rings (SSSR count). The second-order valence-electron chi connectivity index (χ2n) is 6.10. The molecule has 0 bridgehead atoms. The van der Waals surface area contributed by atoms with Crippen LogP contribution in [0, 0.1) is 0 Å². The number of nitrogens with one attached hydrogen (secondary N) is 1. The lowest BCUT2D eigenvalue weighted by Gasteiger charge is -2.22. The van der Waals surface area contributed by atoms with Crippen LogP contribution < -0.4 is 10.1 Å². The third-order valence-electron chi connectivity index (χ3n) is 3.90. The molecule has 1 atom stereocenters. The van der Waals surface area contributed by atoms with Crippen molar-refractivity contribution >= 4 is 11.6 Å². The average Bonchev–Trinajstić information content (AvgIpc) is 2.89. The van der Waals surface area contributed by atoms with Gasteiger partial charge in [-0.3, -0.25) is 0 Å². The first-order valence-electron chi connectivity index (χ1n) is 7.92. The van der Waals surface area contributed by atoms with Crippen molar-refractivity contribution in [3.05, 3.63) is 28.3 Å². The second-order valence-corrected chi connectivity index (χ2v) is 6.54. The largest absolute Gasteiger partial charge is 0.493 e. The Morgan fingerprint density at radius 1 is 1.38 bits per heavy atom. The second kappa shape index (κ2) is 8.02. The quantitative estimate of drug-likeness (QED) is 0.798. The molecular formula is C17H27ClN2O. The SMILES string of the molecule is CCCNC(CCN(C)C)Cc1cc(Cl)cc2c1OCC2. The number of hydrogen-bond donors (Lipinski definition) is 1. The topological polar surface area (TPSA) is 24.5 Å². The number of halogens is 1. The van der Waals surface area contributed by atoms with Crippen molar-refractivity contribution in [3.8, 4) is 5.75 Å². The van der Waals surface area contributed by atoms with E-state index in [-0.39, 0.29) is 0 Å². The van der Waals surface area contributed by atoms with Crippen LogP contribution in [0.2, 0.25) is 5.02 Å². The van der Waals surface area contributed by atoms with Gasteiger partial charge in [-0.05, 0) is 69.7 Å². The fourth-order valence-corrected chi connectivity index (χ4v) is 3.07. The monoisotopic (exact) mass is 310 g/mol. The van der Waals surface area contributed by atoms with E-state index in [9.17, 15) is 0 Å². The number of ether oxygens (including phenoxy) is 1. The van der Waals surface area contributed by atoms with Crippen LogP contribution in [0.5, 0.6) is 5.75 Å². The predicted octanol–water partition coefficient (Wildman–Crippen LogP) is 3.14. The molecule has 4 heteroatoms. The summed E-state index contributed by atoms with van der Waals surface area (Å²) < 4.78 is 5.82. The van der Waals surface area contributed by atoms with E-state index in [0.29, 0.717) is 6.04 Å². The van der Waals surface area contributed by atoms with Crippen LogP contribution >= 0.6 is 11.6 Å². The number of fused-ring (bicyclic) bond motifs is 1. The summed E-state index contributed by atoms with van der Waals surface area (Å²) in [5.74, 6) is 1.08. The summed E-state index contributed by atoms with van der Waals surface area (Å²) in [4.78, 5) is 2.24. The van der Waals surface area contributed by atoms with E-state index in [1.54, 1.807) is 0 Å². The molecule has 118 valence electrons. The molecule has 0 saturated heterocycles. The Kier molecular flexibility index (Phi) is 6.34. The lowest BCUT2D eigenvalue weighted by Crippen LogP contribution is -2.34. The number of rotatable bonds is 8. The van der Waals surface area contributed by atoms with Gasteiger partial charge in [-0.15, -0.1) is 0 Å². The normalized spacial score (nSPS) is 15.1. The Balaban J connectivity index is 2.08. The van der Waals surface area contributed by atoms with Crippen LogP contribution in [0.4, 0.5) is 0 Å². The van der Waals surface area contributed by atoms with Crippen molar-refractivity contribution in [1.82, 2.24) is 10.2 Å². The van der Waals surface area contributed by atoms with Crippen molar-refractivity contribution in [2.24, 2.45) is 0 Å². The molecule has 0 radical (unpaired) electrons. The van der Waals surface area contributed by atoms with Gasteiger partial charge in [0, 0.05) is 17.5 Å². The van der Waals surface area contributed by atoms with E-state index in [1.165, 1.54) is 11.1 Å². The summed E-state index contributed by atoms with van der Waals surface area (Å²) in [6, 6.07) is 4.59. The van der Waals surface area contributed by atoms with E-state index < -0.39 is 0 Å². The summed E-state index contributed by atoms with van der Waals surface area (Å²) >= 11 is 6.26. The summed E-state index contributed by atoms with van der Waals surface area (Å²) in [6.07, 6.45) is 4.25. The summed E-state index contributed by atoms with van der Waals surface area (Å²) in [5, 5.41) is 4.49. The molecule has 21 heavy (non-hydrogen) atoms. The molecule has 1 aliphatic heterocycles. The Hall–Kier alpha value is -0.770. The highest BCUT2D eigenvalue weighted by molar-refractivity contribution is 6.30. The minimum atomic E-state index is 0.471. The van der Waals surface area contributed by atoms with Crippen LogP contribution in [-0.4, -0.2) is 44.7 Å². The number of benzene rings is 1. The van der Waals surface area contributed by atoms with Gasteiger partial charge in [0.1, 0.15) is 5.75 Å². The molecule has 1 aromatic rings. The summed E-state index contributed by atoms with van der Waals surface area (Å²) in [6.45, 7) is 5.14. The zero-order valence-corrected chi connectivity index (χ0v) is 14.2. The van der Waals surface area contributed by atoms with E-state index in [2.05, 4.69) is 37.3 Å². The Morgan fingerprint density at radius 3 is 2.90 bits per heavy atom. The zero-order valence-electron chi connectivity index (χ0n) is 13.4. The molecule has 1 heterocycles. The van der Waals surface area contributed by atoms with Crippen LogP contribution in [0.3, 0.4) is 0 Å².